The van der Waals surface area contributed by atoms with Gasteiger partial charge < -0.3 is 19.9 Å². The Morgan fingerprint density at radius 3 is 2.80 bits per heavy atom. The number of amides is 1. The molecule has 7 heteroatoms. The number of likely N-dealkylation sites (N-methyl/N-ethyl adjacent to an activating group) is 1. The number of benzene rings is 1. The van der Waals surface area contributed by atoms with Crippen LogP contribution in [0.4, 0.5) is 0 Å². The predicted octanol–water partition coefficient (Wildman–Crippen LogP) is 5.47. The van der Waals surface area contributed by atoms with E-state index in [0.717, 1.165) is 90.5 Å². The number of piperidine rings is 1. The summed E-state index contributed by atoms with van der Waals surface area (Å²) in [6, 6.07) is 6.42. The summed E-state index contributed by atoms with van der Waals surface area (Å²) in [6.45, 7) is 19.7. The number of fused-ring (bicyclic) bond motifs is 1. The van der Waals surface area contributed by atoms with Crippen molar-refractivity contribution in [3.8, 4) is 5.75 Å². The van der Waals surface area contributed by atoms with Crippen molar-refractivity contribution in [1.29, 1.82) is 0 Å². The molecule has 4 aliphatic heterocycles. The van der Waals surface area contributed by atoms with Gasteiger partial charge in [0.1, 0.15) is 12.4 Å². The number of carbonyl (C=O) groups is 1. The van der Waals surface area contributed by atoms with Gasteiger partial charge in [-0.05, 0) is 81.4 Å². The maximum absolute atomic E-state index is 13.9. The Kier molecular flexibility index (Phi) is 8.62. The van der Waals surface area contributed by atoms with E-state index >= 15 is 0 Å². The van der Waals surface area contributed by atoms with Crippen LogP contribution < -0.4 is 10.1 Å². The van der Waals surface area contributed by atoms with Crippen LogP contribution in [0.5, 0.6) is 5.75 Å². The van der Waals surface area contributed by atoms with E-state index in [0.29, 0.717) is 19.7 Å². The van der Waals surface area contributed by atoms with Crippen LogP contribution in [-0.4, -0.2) is 72.5 Å². The fourth-order valence-electron chi connectivity index (χ4n) is 6.33. The van der Waals surface area contributed by atoms with Gasteiger partial charge in [-0.1, -0.05) is 19.2 Å². The molecular weight excluding hydrogens is 510 g/mol. The van der Waals surface area contributed by atoms with Crippen molar-refractivity contribution < 1.29 is 9.53 Å². The molecule has 0 saturated carbocycles. The van der Waals surface area contributed by atoms with Gasteiger partial charge in [0.2, 0.25) is 0 Å². The molecule has 41 heavy (non-hydrogen) atoms. The van der Waals surface area contributed by atoms with E-state index in [4.69, 9.17) is 4.74 Å². The SMILES string of the molecule is C=CCCC(C(=C)NC)N1Cc2cc(OCC3CCCCN3C(=O)C3=C(C4=NCC(C)=C4)CN=C3C)ccc2C1=C. The first-order valence-electron chi connectivity index (χ1n) is 14.8. The minimum atomic E-state index is 0.0168. The van der Waals surface area contributed by atoms with Gasteiger partial charge >= 0.3 is 0 Å². The minimum Gasteiger partial charge on any atom is -0.491 e. The van der Waals surface area contributed by atoms with E-state index in [2.05, 4.69) is 65.1 Å². The highest BCUT2D eigenvalue weighted by molar-refractivity contribution is 6.29. The summed E-state index contributed by atoms with van der Waals surface area (Å²) in [5.74, 6) is 0.884. The van der Waals surface area contributed by atoms with Crippen LogP contribution in [-0.2, 0) is 11.3 Å². The first kappa shape index (κ1) is 28.7. The summed E-state index contributed by atoms with van der Waals surface area (Å²) in [4.78, 5) is 27.6. The second-order valence-electron chi connectivity index (χ2n) is 11.5. The largest absolute Gasteiger partial charge is 0.491 e. The number of hydrogen-bond donors (Lipinski definition) is 1. The van der Waals surface area contributed by atoms with Crippen LogP contribution in [0.3, 0.4) is 0 Å². The molecule has 0 radical (unpaired) electrons. The van der Waals surface area contributed by atoms with Gasteiger partial charge in [-0.2, -0.15) is 0 Å². The molecule has 7 nitrogen and oxygen atoms in total. The Balaban J connectivity index is 1.29. The molecule has 1 aromatic carbocycles. The molecule has 2 atom stereocenters. The summed E-state index contributed by atoms with van der Waals surface area (Å²) in [7, 11) is 1.92. The molecule has 0 aromatic heterocycles. The summed E-state index contributed by atoms with van der Waals surface area (Å²) in [6.07, 6.45) is 8.90. The highest BCUT2D eigenvalue weighted by atomic mass is 16.5. The molecule has 1 aromatic rings. The number of aliphatic imine (C=N–C) groups is 2. The number of nitrogens with one attached hydrogen (secondary N) is 1. The first-order valence-corrected chi connectivity index (χ1v) is 14.8. The number of allylic oxidation sites excluding steroid dienone is 2. The molecule has 5 rings (SSSR count). The normalized spacial score (nSPS) is 20.9. The second-order valence-corrected chi connectivity index (χ2v) is 11.5. The van der Waals surface area contributed by atoms with E-state index in [-0.39, 0.29) is 18.0 Å². The molecule has 4 heterocycles. The number of nitrogens with zero attached hydrogens (tertiary/aromatic N) is 4. The quantitative estimate of drug-likeness (QED) is 0.369. The van der Waals surface area contributed by atoms with Gasteiger partial charge in [0.25, 0.3) is 5.91 Å². The topological polar surface area (TPSA) is 69.5 Å². The maximum atomic E-state index is 13.9. The number of rotatable bonds is 11. The molecule has 4 aliphatic rings. The number of hydrogen-bond acceptors (Lipinski definition) is 6. The number of ether oxygens (including phenoxy) is 1. The van der Waals surface area contributed by atoms with Crippen LogP contribution in [0.1, 0.15) is 57.1 Å². The van der Waals surface area contributed by atoms with E-state index < -0.39 is 0 Å². The summed E-state index contributed by atoms with van der Waals surface area (Å²) in [5, 5.41) is 3.23. The predicted molar refractivity (Wildman–Crippen MR) is 168 cm³/mol. The zero-order valence-corrected chi connectivity index (χ0v) is 24.8. The Labute approximate surface area is 244 Å². The second kappa shape index (κ2) is 12.3. The Bertz CT molecular complexity index is 1380. The lowest BCUT2D eigenvalue weighted by Gasteiger charge is -2.36. The standard InChI is InChI=1S/C34H43N5O2/c1-7-8-12-32(23(3)35-6)39-20-26-17-28(13-14-29(26)25(39)5)41-21-27-11-9-10-15-38(27)34(40)33-24(4)36-19-30(33)31-16-22(2)18-37-31/h7,13-14,16-17,27,32,35H,1,3,5,8-12,15,18-21H2,2,4,6H3. The lowest BCUT2D eigenvalue weighted by atomic mass is 9.97. The third-order valence-corrected chi connectivity index (χ3v) is 8.69. The molecule has 0 bridgehead atoms. The molecule has 1 amide bonds. The summed E-state index contributed by atoms with van der Waals surface area (Å²) < 4.78 is 6.38. The molecule has 2 unspecified atom stereocenters. The average Bonchev–Trinajstić information content (AvgIpc) is 3.68. The molecule has 1 saturated heterocycles. The van der Waals surface area contributed by atoms with Crippen LogP contribution in [0, 0.1) is 0 Å². The molecule has 1 N–H and O–H groups in total. The highest BCUT2D eigenvalue weighted by Gasteiger charge is 2.35. The van der Waals surface area contributed by atoms with Gasteiger partial charge in [-0.3, -0.25) is 14.8 Å². The van der Waals surface area contributed by atoms with Gasteiger partial charge in [0, 0.05) is 48.4 Å². The third-order valence-electron chi connectivity index (χ3n) is 8.69. The van der Waals surface area contributed by atoms with Crippen LogP contribution >= 0.6 is 0 Å². The van der Waals surface area contributed by atoms with Gasteiger partial charge in [-0.25, -0.2) is 0 Å². The smallest absolute Gasteiger partial charge is 0.256 e. The molecular formula is C34H43N5O2. The van der Waals surface area contributed by atoms with E-state index in [9.17, 15) is 4.79 Å². The monoisotopic (exact) mass is 553 g/mol. The van der Waals surface area contributed by atoms with Crippen molar-refractivity contribution in [2.24, 2.45) is 9.98 Å². The van der Waals surface area contributed by atoms with Crippen molar-refractivity contribution in [3.05, 3.63) is 83.6 Å². The van der Waals surface area contributed by atoms with E-state index in [1.807, 2.05) is 31.0 Å². The lowest BCUT2D eigenvalue weighted by Crippen LogP contribution is -2.48. The third kappa shape index (κ3) is 5.81. The van der Waals surface area contributed by atoms with Crippen molar-refractivity contribution in [2.75, 3.05) is 33.3 Å². The van der Waals surface area contributed by atoms with Gasteiger partial charge in [0.15, 0.2) is 0 Å². The fourth-order valence-corrected chi connectivity index (χ4v) is 6.33. The molecule has 1 fully saturated rings. The highest BCUT2D eigenvalue weighted by Crippen LogP contribution is 2.37. The Hall–Kier alpha value is -3.87. The molecule has 0 aliphatic carbocycles. The van der Waals surface area contributed by atoms with Gasteiger partial charge in [-0.15, -0.1) is 6.58 Å². The van der Waals surface area contributed by atoms with Gasteiger partial charge in [0.05, 0.1) is 36.5 Å². The Morgan fingerprint density at radius 1 is 1.24 bits per heavy atom. The molecule has 0 spiro atoms. The number of carbonyl (C=O) groups excluding carboxylic acids is 1. The van der Waals surface area contributed by atoms with Crippen molar-refractivity contribution in [2.45, 2.75) is 64.6 Å². The van der Waals surface area contributed by atoms with Crippen molar-refractivity contribution >= 4 is 23.0 Å². The zero-order valence-electron chi connectivity index (χ0n) is 24.8. The lowest BCUT2D eigenvalue weighted by molar-refractivity contribution is -0.130. The van der Waals surface area contributed by atoms with Crippen molar-refractivity contribution in [3.63, 3.8) is 0 Å². The van der Waals surface area contributed by atoms with E-state index in [1.165, 1.54) is 11.1 Å². The first-order chi connectivity index (χ1) is 19.8. The Morgan fingerprint density at radius 2 is 2.07 bits per heavy atom. The van der Waals surface area contributed by atoms with E-state index in [1.54, 1.807) is 0 Å². The van der Waals surface area contributed by atoms with Crippen LogP contribution in [0.25, 0.3) is 5.70 Å². The average molecular weight is 554 g/mol. The fraction of sp³-hybridized carbons (Fsp3) is 0.441. The van der Waals surface area contributed by atoms with Crippen molar-refractivity contribution in [1.82, 2.24) is 15.1 Å². The molecule has 216 valence electrons. The summed E-state index contributed by atoms with van der Waals surface area (Å²) >= 11 is 0. The minimum absolute atomic E-state index is 0.0168. The summed E-state index contributed by atoms with van der Waals surface area (Å²) in [5.41, 5.74) is 8.97. The van der Waals surface area contributed by atoms with Crippen LogP contribution in [0.15, 0.2) is 82.5 Å². The van der Waals surface area contributed by atoms with Crippen LogP contribution in [0.2, 0.25) is 0 Å². The maximum Gasteiger partial charge on any atom is 0.256 e. The zero-order chi connectivity index (χ0) is 29.1. The number of likely N-dealkylation sites (tertiary alicyclic amines) is 1.